The molecule has 0 radical (unpaired) electrons. The monoisotopic (exact) mass is 342 g/mol. The van der Waals surface area contributed by atoms with Gasteiger partial charge in [-0.1, -0.05) is 32.6 Å². The number of hydrogen-bond donors (Lipinski definition) is 2. The van der Waals surface area contributed by atoms with Crippen LogP contribution in [-0.4, -0.2) is 50.0 Å². The summed E-state index contributed by atoms with van der Waals surface area (Å²) in [4.78, 5) is 37.0. The smallest absolute Gasteiger partial charge is 0.327 e. The van der Waals surface area contributed by atoms with Gasteiger partial charge < -0.3 is 15.3 Å². The van der Waals surface area contributed by atoms with Gasteiger partial charge in [0, 0.05) is 11.2 Å². The summed E-state index contributed by atoms with van der Waals surface area (Å²) >= 11 is 1.45. The summed E-state index contributed by atoms with van der Waals surface area (Å²) in [6.45, 7) is 5.80. The summed E-state index contributed by atoms with van der Waals surface area (Å²) in [6.07, 6.45) is 5.76. The van der Waals surface area contributed by atoms with Crippen LogP contribution in [0, 0.1) is 0 Å². The minimum Gasteiger partial charge on any atom is -0.480 e. The van der Waals surface area contributed by atoms with Gasteiger partial charge in [-0.15, -0.1) is 11.8 Å². The van der Waals surface area contributed by atoms with Gasteiger partial charge in [-0.3, -0.25) is 9.59 Å². The van der Waals surface area contributed by atoms with E-state index in [0.717, 1.165) is 25.7 Å². The van der Waals surface area contributed by atoms with Gasteiger partial charge in [0.25, 0.3) is 0 Å². The van der Waals surface area contributed by atoms with Gasteiger partial charge in [0.15, 0.2) is 0 Å². The lowest BCUT2D eigenvalue weighted by Crippen LogP contribution is -2.70. The van der Waals surface area contributed by atoms with Crippen molar-refractivity contribution < 1.29 is 19.5 Å². The highest BCUT2D eigenvalue weighted by molar-refractivity contribution is 8.01. The number of carbonyl (C=O) groups excluding carboxylic acids is 2. The summed E-state index contributed by atoms with van der Waals surface area (Å²) in [5.41, 5.74) is 0. The van der Waals surface area contributed by atoms with E-state index >= 15 is 0 Å². The van der Waals surface area contributed by atoms with Crippen molar-refractivity contribution in [2.45, 2.75) is 81.5 Å². The average molecular weight is 342 g/mol. The van der Waals surface area contributed by atoms with E-state index < -0.39 is 22.8 Å². The Kier molecular flexibility index (Phi) is 5.60. The van der Waals surface area contributed by atoms with Crippen molar-refractivity contribution in [3.05, 3.63) is 0 Å². The van der Waals surface area contributed by atoms with Crippen LogP contribution in [0.15, 0.2) is 0 Å². The number of carbonyl (C=O) groups is 3. The molecule has 7 heteroatoms. The lowest BCUT2D eigenvalue weighted by Gasteiger charge is -2.43. The highest BCUT2D eigenvalue weighted by Gasteiger charge is 2.64. The Balaban J connectivity index is 1.84. The lowest BCUT2D eigenvalue weighted by molar-refractivity contribution is -0.161. The quantitative estimate of drug-likeness (QED) is 0.520. The molecule has 0 aromatic heterocycles. The van der Waals surface area contributed by atoms with E-state index in [0.29, 0.717) is 6.42 Å². The standard InChI is InChI=1S/C16H26N2O4S/c1-4-5-6-7-8-9-10(19)17-11-13(20)18-12(15(21)22)16(2,3)23-14(11)18/h11-12,14H,4-9H2,1-3H3,(H,17,19)(H,21,22)/t11-,12+,14-/m1/s1. The largest absolute Gasteiger partial charge is 0.480 e. The first kappa shape index (κ1) is 18.1. The fourth-order valence-electron chi connectivity index (χ4n) is 3.28. The van der Waals surface area contributed by atoms with E-state index in [2.05, 4.69) is 12.2 Å². The molecule has 2 fully saturated rings. The molecule has 0 bridgehead atoms. The maximum absolute atomic E-state index is 12.2. The summed E-state index contributed by atoms with van der Waals surface area (Å²) in [5.74, 6) is -1.38. The fraction of sp³-hybridized carbons (Fsp3) is 0.812. The second kappa shape index (κ2) is 7.11. The van der Waals surface area contributed by atoms with E-state index in [4.69, 9.17) is 0 Å². The van der Waals surface area contributed by atoms with Gasteiger partial charge in [-0.05, 0) is 20.3 Å². The zero-order chi connectivity index (χ0) is 17.2. The van der Waals surface area contributed by atoms with E-state index in [1.54, 1.807) is 0 Å². The molecule has 2 rings (SSSR count). The number of aliphatic carboxylic acids is 1. The van der Waals surface area contributed by atoms with Crippen molar-refractivity contribution in [3.63, 3.8) is 0 Å². The SMILES string of the molecule is CCCCCCCC(=O)N[C@@H]1C(=O)N2[C@@H]1SC(C)(C)[C@@H]2C(=O)O. The van der Waals surface area contributed by atoms with Crippen LogP contribution < -0.4 is 5.32 Å². The van der Waals surface area contributed by atoms with Crippen LogP contribution in [0.1, 0.15) is 59.3 Å². The normalized spacial score (nSPS) is 28.2. The van der Waals surface area contributed by atoms with Crippen molar-refractivity contribution >= 4 is 29.5 Å². The second-order valence-corrected chi connectivity index (χ2v) is 8.58. The first-order valence-corrected chi connectivity index (χ1v) is 9.19. The molecule has 2 saturated heterocycles. The highest BCUT2D eigenvalue weighted by Crippen LogP contribution is 2.50. The second-order valence-electron chi connectivity index (χ2n) is 6.81. The number of carboxylic acids is 1. The summed E-state index contributed by atoms with van der Waals surface area (Å²) in [7, 11) is 0. The molecule has 3 atom stereocenters. The number of thioether (sulfide) groups is 1. The third-order valence-corrected chi connectivity index (χ3v) is 6.07. The zero-order valence-corrected chi connectivity index (χ0v) is 14.8. The van der Waals surface area contributed by atoms with Gasteiger partial charge in [-0.25, -0.2) is 4.79 Å². The molecule has 2 amide bonds. The van der Waals surface area contributed by atoms with Crippen LogP contribution in [-0.2, 0) is 14.4 Å². The molecule has 130 valence electrons. The number of carboxylic acid groups (broad SMARTS) is 1. The highest BCUT2D eigenvalue weighted by atomic mass is 32.2. The predicted octanol–water partition coefficient (Wildman–Crippen LogP) is 1.98. The van der Waals surface area contributed by atoms with Crippen LogP contribution in [0.5, 0.6) is 0 Å². The molecule has 0 unspecified atom stereocenters. The van der Waals surface area contributed by atoms with E-state index in [1.165, 1.54) is 23.1 Å². The van der Waals surface area contributed by atoms with Gasteiger partial charge in [0.05, 0.1) is 0 Å². The van der Waals surface area contributed by atoms with Crippen molar-refractivity contribution in [3.8, 4) is 0 Å². The number of fused-ring (bicyclic) bond motifs is 1. The van der Waals surface area contributed by atoms with Gasteiger partial charge in [0.1, 0.15) is 17.5 Å². The van der Waals surface area contributed by atoms with E-state index in [-0.39, 0.29) is 17.2 Å². The average Bonchev–Trinajstić information content (AvgIpc) is 2.73. The first-order valence-electron chi connectivity index (χ1n) is 8.31. The topological polar surface area (TPSA) is 86.7 Å². The van der Waals surface area contributed by atoms with Gasteiger partial charge in [0.2, 0.25) is 11.8 Å². The molecule has 23 heavy (non-hydrogen) atoms. The Morgan fingerprint density at radius 1 is 1.26 bits per heavy atom. The minimum atomic E-state index is -0.987. The third-order valence-electron chi connectivity index (χ3n) is 4.50. The van der Waals surface area contributed by atoms with Crippen molar-refractivity contribution in [2.75, 3.05) is 0 Å². The summed E-state index contributed by atoms with van der Waals surface area (Å²) in [5, 5.41) is 11.9. The predicted molar refractivity (Wildman–Crippen MR) is 89.0 cm³/mol. The molecule has 2 aliphatic heterocycles. The van der Waals surface area contributed by atoms with Crippen molar-refractivity contribution in [2.24, 2.45) is 0 Å². The molecule has 0 saturated carbocycles. The van der Waals surface area contributed by atoms with Gasteiger partial charge >= 0.3 is 5.97 Å². The first-order chi connectivity index (χ1) is 10.8. The van der Waals surface area contributed by atoms with E-state index in [1.807, 2.05) is 13.8 Å². The van der Waals surface area contributed by atoms with Crippen LogP contribution >= 0.6 is 11.8 Å². The maximum atomic E-state index is 12.2. The Morgan fingerprint density at radius 2 is 1.91 bits per heavy atom. The molecular weight excluding hydrogens is 316 g/mol. The fourth-order valence-corrected chi connectivity index (χ4v) is 4.91. The van der Waals surface area contributed by atoms with E-state index in [9.17, 15) is 19.5 Å². The molecular formula is C16H26N2O4S. The number of hydrogen-bond acceptors (Lipinski definition) is 4. The molecule has 6 nitrogen and oxygen atoms in total. The van der Waals surface area contributed by atoms with Crippen molar-refractivity contribution in [1.82, 2.24) is 10.2 Å². The molecule has 0 aliphatic carbocycles. The minimum absolute atomic E-state index is 0.114. The molecule has 0 aromatic carbocycles. The number of nitrogens with zero attached hydrogens (tertiary/aromatic N) is 1. The maximum Gasteiger partial charge on any atom is 0.327 e. The van der Waals surface area contributed by atoms with Crippen LogP contribution in [0.2, 0.25) is 0 Å². The Morgan fingerprint density at radius 3 is 2.52 bits per heavy atom. The summed E-state index contributed by atoms with van der Waals surface area (Å²) < 4.78 is -0.550. The molecule has 0 spiro atoms. The number of β-lactam (4-membered cyclic amide) rings is 1. The Labute approximate surface area is 141 Å². The van der Waals surface area contributed by atoms with Crippen LogP contribution in [0.4, 0.5) is 0 Å². The van der Waals surface area contributed by atoms with Crippen LogP contribution in [0.3, 0.4) is 0 Å². The molecule has 2 aliphatic rings. The van der Waals surface area contributed by atoms with Gasteiger partial charge in [-0.2, -0.15) is 0 Å². The van der Waals surface area contributed by atoms with Crippen LogP contribution in [0.25, 0.3) is 0 Å². The number of rotatable bonds is 8. The molecule has 0 aromatic rings. The number of nitrogens with one attached hydrogen (secondary N) is 1. The third kappa shape index (κ3) is 3.65. The van der Waals surface area contributed by atoms with Crippen molar-refractivity contribution in [1.29, 1.82) is 0 Å². The number of amides is 2. The summed E-state index contributed by atoms with van der Waals surface area (Å²) in [6, 6.07) is -1.40. The zero-order valence-electron chi connectivity index (χ0n) is 14.0. The molecule has 2 N–H and O–H groups in total. The Hall–Kier alpha value is -1.24. The number of unbranched alkanes of at least 4 members (excludes halogenated alkanes) is 4. The lowest BCUT2D eigenvalue weighted by atomic mass is 9.96. The molecule has 2 heterocycles. The Bertz CT molecular complexity index is 494.